The molecule has 3 heteroatoms. The van der Waals surface area contributed by atoms with E-state index in [0.717, 1.165) is 6.42 Å². The van der Waals surface area contributed by atoms with Crippen LogP contribution in [0.4, 0.5) is 0 Å². The molecule has 0 aromatic heterocycles. The summed E-state index contributed by atoms with van der Waals surface area (Å²) in [6, 6.07) is -0.104. The zero-order valence-corrected chi connectivity index (χ0v) is 9.09. The molecule has 0 rings (SSSR count). The molecule has 74 valence electrons. The van der Waals surface area contributed by atoms with Crippen molar-refractivity contribution in [1.82, 2.24) is 0 Å². The fourth-order valence-corrected chi connectivity index (χ4v) is 1.43. The van der Waals surface area contributed by atoms with E-state index in [1.807, 2.05) is 6.92 Å². The fraction of sp³-hybridized carbons (Fsp3) is 1.00. The molecule has 0 radical (unpaired) electrons. The lowest BCUT2D eigenvalue weighted by Gasteiger charge is -2.24. The lowest BCUT2D eigenvalue weighted by Crippen LogP contribution is -2.40. The van der Waals surface area contributed by atoms with Crippen LogP contribution in [-0.4, -0.2) is 23.0 Å². The Morgan fingerprint density at radius 2 is 1.83 bits per heavy atom. The van der Waals surface area contributed by atoms with E-state index in [9.17, 15) is 5.11 Å². The maximum Gasteiger partial charge on any atom is 0.0724 e. The van der Waals surface area contributed by atoms with Crippen LogP contribution in [0.3, 0.4) is 0 Å². The van der Waals surface area contributed by atoms with Gasteiger partial charge in [-0.3, -0.25) is 0 Å². The summed E-state index contributed by atoms with van der Waals surface area (Å²) in [6.07, 6.45) is 0.462. The fourth-order valence-electron chi connectivity index (χ4n) is 1.21. The molecule has 0 spiro atoms. The van der Waals surface area contributed by atoms with Gasteiger partial charge in [0.2, 0.25) is 0 Å². The van der Waals surface area contributed by atoms with Crippen molar-refractivity contribution in [1.29, 1.82) is 0 Å². The van der Waals surface area contributed by atoms with E-state index in [4.69, 9.17) is 5.73 Å². The third kappa shape index (κ3) is 4.33. The van der Waals surface area contributed by atoms with Gasteiger partial charge in [-0.1, -0.05) is 20.8 Å². The average molecular weight is 191 g/mol. The van der Waals surface area contributed by atoms with E-state index in [2.05, 4.69) is 26.5 Å². The summed E-state index contributed by atoms with van der Waals surface area (Å²) >= 11 is 4.12. The lowest BCUT2D eigenvalue weighted by molar-refractivity contribution is 0.0920. The van der Waals surface area contributed by atoms with Crippen molar-refractivity contribution in [2.45, 2.75) is 39.3 Å². The van der Waals surface area contributed by atoms with Crippen LogP contribution in [0.2, 0.25) is 0 Å². The van der Waals surface area contributed by atoms with E-state index in [1.54, 1.807) is 0 Å². The van der Waals surface area contributed by atoms with E-state index < -0.39 is 6.10 Å². The quantitative estimate of drug-likeness (QED) is 0.573. The third-order valence-electron chi connectivity index (χ3n) is 2.05. The van der Waals surface area contributed by atoms with Gasteiger partial charge in [-0.2, -0.15) is 12.6 Å². The molecule has 0 bridgehead atoms. The number of aliphatic hydroxyl groups is 1. The number of hydrogen-bond donors (Lipinski definition) is 3. The molecule has 3 N–H and O–H groups in total. The van der Waals surface area contributed by atoms with Crippen LogP contribution in [0, 0.1) is 11.8 Å². The molecule has 3 unspecified atom stereocenters. The molecule has 0 amide bonds. The highest BCUT2D eigenvalue weighted by Gasteiger charge is 2.20. The van der Waals surface area contributed by atoms with Crippen molar-refractivity contribution in [2.75, 3.05) is 5.75 Å². The summed E-state index contributed by atoms with van der Waals surface area (Å²) in [4.78, 5) is 0. The minimum Gasteiger partial charge on any atom is -0.391 e. The molecule has 0 aliphatic carbocycles. The van der Waals surface area contributed by atoms with E-state index in [1.165, 1.54) is 0 Å². The van der Waals surface area contributed by atoms with E-state index >= 15 is 0 Å². The minimum atomic E-state index is -0.412. The first-order valence-corrected chi connectivity index (χ1v) is 5.16. The zero-order chi connectivity index (χ0) is 9.72. The summed E-state index contributed by atoms with van der Waals surface area (Å²) in [5.41, 5.74) is 5.81. The third-order valence-corrected chi connectivity index (χ3v) is 2.63. The highest BCUT2D eigenvalue weighted by molar-refractivity contribution is 7.80. The molecule has 0 aromatic carbocycles. The summed E-state index contributed by atoms with van der Waals surface area (Å²) in [5.74, 6) is 1.41. The number of hydrogen-bond acceptors (Lipinski definition) is 3. The topological polar surface area (TPSA) is 46.2 Å². The second-order valence-electron chi connectivity index (χ2n) is 3.94. The SMILES string of the molecule is CC(C)CC(N)C(O)C(C)CS. The Labute approximate surface area is 80.9 Å². The normalized spacial score (nSPS) is 19.2. The Hall–Kier alpha value is 0.270. The van der Waals surface area contributed by atoms with Gasteiger partial charge >= 0.3 is 0 Å². The van der Waals surface area contributed by atoms with E-state index in [0.29, 0.717) is 11.7 Å². The van der Waals surface area contributed by atoms with Gasteiger partial charge in [0, 0.05) is 6.04 Å². The maximum absolute atomic E-state index is 9.66. The van der Waals surface area contributed by atoms with Gasteiger partial charge in [0.25, 0.3) is 0 Å². The zero-order valence-electron chi connectivity index (χ0n) is 8.20. The van der Waals surface area contributed by atoms with Crippen LogP contribution < -0.4 is 5.73 Å². The molecule has 0 aromatic rings. The van der Waals surface area contributed by atoms with Gasteiger partial charge in [-0.25, -0.2) is 0 Å². The molecule has 3 atom stereocenters. The summed E-state index contributed by atoms with van der Waals surface area (Å²) < 4.78 is 0. The van der Waals surface area contributed by atoms with E-state index in [-0.39, 0.29) is 12.0 Å². The van der Waals surface area contributed by atoms with Gasteiger partial charge < -0.3 is 10.8 Å². The van der Waals surface area contributed by atoms with Gasteiger partial charge in [0.05, 0.1) is 6.10 Å². The summed E-state index contributed by atoms with van der Waals surface area (Å²) in [6.45, 7) is 6.19. The standard InChI is InChI=1S/C9H21NOS/c1-6(2)4-8(10)9(11)7(3)5-12/h6-9,11-12H,4-5,10H2,1-3H3. The van der Waals surface area contributed by atoms with Gasteiger partial charge in [-0.05, 0) is 24.0 Å². The molecule has 0 aliphatic rings. The first-order valence-electron chi connectivity index (χ1n) is 4.53. The van der Waals surface area contributed by atoms with Crippen LogP contribution in [0.15, 0.2) is 0 Å². The smallest absolute Gasteiger partial charge is 0.0724 e. The Kier molecular flexibility index (Phi) is 5.97. The average Bonchev–Trinajstić information content (AvgIpc) is 2.00. The highest BCUT2D eigenvalue weighted by Crippen LogP contribution is 2.13. The monoisotopic (exact) mass is 191 g/mol. The molecule has 0 aliphatic heterocycles. The minimum absolute atomic E-state index is 0.104. The molecule has 0 saturated heterocycles. The first kappa shape index (κ1) is 12.3. The van der Waals surface area contributed by atoms with Crippen LogP contribution in [0.25, 0.3) is 0 Å². The largest absolute Gasteiger partial charge is 0.391 e. The number of aliphatic hydroxyl groups excluding tert-OH is 1. The van der Waals surface area contributed by atoms with Crippen molar-refractivity contribution < 1.29 is 5.11 Å². The molecule has 0 fully saturated rings. The number of rotatable bonds is 5. The number of nitrogens with two attached hydrogens (primary N) is 1. The van der Waals surface area contributed by atoms with Crippen molar-refractivity contribution in [3.05, 3.63) is 0 Å². The predicted octanol–water partition coefficient (Wildman–Crippen LogP) is 1.29. The predicted molar refractivity (Wildman–Crippen MR) is 56.5 cm³/mol. The van der Waals surface area contributed by atoms with Crippen molar-refractivity contribution in [3.8, 4) is 0 Å². The Balaban J connectivity index is 3.83. The molecule has 0 heterocycles. The van der Waals surface area contributed by atoms with Crippen LogP contribution in [0.5, 0.6) is 0 Å². The van der Waals surface area contributed by atoms with Crippen LogP contribution in [-0.2, 0) is 0 Å². The highest BCUT2D eigenvalue weighted by atomic mass is 32.1. The second-order valence-corrected chi connectivity index (χ2v) is 4.31. The number of thiol groups is 1. The Bertz CT molecular complexity index is 119. The molecular formula is C9H21NOS. The maximum atomic E-state index is 9.66. The van der Waals surface area contributed by atoms with Crippen molar-refractivity contribution in [3.63, 3.8) is 0 Å². The van der Waals surface area contributed by atoms with Crippen molar-refractivity contribution in [2.24, 2.45) is 17.6 Å². The lowest BCUT2D eigenvalue weighted by atomic mass is 9.93. The van der Waals surface area contributed by atoms with Gasteiger partial charge in [0.15, 0.2) is 0 Å². The molecule has 12 heavy (non-hydrogen) atoms. The molecular weight excluding hydrogens is 170 g/mol. The second kappa shape index (κ2) is 5.84. The first-order chi connectivity index (χ1) is 5.49. The van der Waals surface area contributed by atoms with Crippen molar-refractivity contribution >= 4 is 12.6 Å². The Morgan fingerprint density at radius 1 is 1.33 bits per heavy atom. The molecule has 2 nitrogen and oxygen atoms in total. The summed E-state index contributed by atoms with van der Waals surface area (Å²) in [5, 5.41) is 9.66. The van der Waals surface area contributed by atoms with Crippen LogP contribution in [0.1, 0.15) is 27.2 Å². The summed E-state index contributed by atoms with van der Waals surface area (Å²) in [7, 11) is 0. The Morgan fingerprint density at radius 3 is 2.17 bits per heavy atom. The van der Waals surface area contributed by atoms with Gasteiger partial charge in [-0.15, -0.1) is 0 Å². The van der Waals surface area contributed by atoms with Gasteiger partial charge in [0.1, 0.15) is 0 Å². The van der Waals surface area contributed by atoms with Crippen LogP contribution >= 0.6 is 12.6 Å². The molecule has 0 saturated carbocycles.